The van der Waals surface area contributed by atoms with Gasteiger partial charge in [0.25, 0.3) is 0 Å². The van der Waals surface area contributed by atoms with Crippen molar-refractivity contribution >= 4 is 22.4 Å². The van der Waals surface area contributed by atoms with Crippen LogP contribution in [0.15, 0.2) is 0 Å². The Balaban J connectivity index is 3.01. The number of anilines is 1. The number of aryl methyl sites for hydroxylation is 1. The van der Waals surface area contributed by atoms with Crippen LogP contribution in [0.25, 0.3) is 0 Å². The standard InChI is InChI=1S/C13H22N2O2S/c1-8-10(11(16)17-7)14-12(18-8)15(6)9(2)13(3,4)5/h9H,1-7H3. The van der Waals surface area contributed by atoms with E-state index in [1.165, 1.54) is 18.4 Å². The first kappa shape index (κ1) is 15.0. The summed E-state index contributed by atoms with van der Waals surface area (Å²) < 4.78 is 4.72. The molecule has 5 heteroatoms. The van der Waals surface area contributed by atoms with Crippen molar-refractivity contribution in [3.63, 3.8) is 0 Å². The summed E-state index contributed by atoms with van der Waals surface area (Å²) >= 11 is 1.52. The fraction of sp³-hybridized carbons (Fsp3) is 0.692. The minimum absolute atomic E-state index is 0.153. The molecule has 1 aromatic rings. The molecule has 0 saturated carbocycles. The zero-order valence-electron chi connectivity index (χ0n) is 12.2. The van der Waals surface area contributed by atoms with Gasteiger partial charge in [0.1, 0.15) is 0 Å². The van der Waals surface area contributed by atoms with E-state index >= 15 is 0 Å². The fourth-order valence-electron chi connectivity index (χ4n) is 1.57. The van der Waals surface area contributed by atoms with Crippen LogP contribution in [0.2, 0.25) is 0 Å². The van der Waals surface area contributed by atoms with E-state index < -0.39 is 0 Å². The van der Waals surface area contributed by atoms with Gasteiger partial charge in [-0.25, -0.2) is 9.78 Å². The molecule has 0 aliphatic heterocycles. The molecule has 1 atom stereocenters. The largest absolute Gasteiger partial charge is 0.464 e. The summed E-state index contributed by atoms with van der Waals surface area (Å²) in [5, 5.41) is 0.857. The highest BCUT2D eigenvalue weighted by Gasteiger charge is 2.27. The average Bonchev–Trinajstić information content (AvgIpc) is 2.67. The van der Waals surface area contributed by atoms with E-state index in [0.29, 0.717) is 11.7 Å². The van der Waals surface area contributed by atoms with Crippen molar-refractivity contribution < 1.29 is 9.53 Å². The fourth-order valence-corrected chi connectivity index (χ4v) is 2.50. The second kappa shape index (κ2) is 5.26. The van der Waals surface area contributed by atoms with Gasteiger partial charge >= 0.3 is 5.97 Å². The van der Waals surface area contributed by atoms with E-state index in [4.69, 9.17) is 4.74 Å². The number of esters is 1. The van der Waals surface area contributed by atoms with Crippen LogP contribution in [0, 0.1) is 12.3 Å². The molecule has 0 saturated heterocycles. The molecule has 4 nitrogen and oxygen atoms in total. The van der Waals surface area contributed by atoms with Crippen LogP contribution < -0.4 is 4.90 Å². The SMILES string of the molecule is COC(=O)c1nc(N(C)C(C)C(C)(C)C)sc1C. The van der Waals surface area contributed by atoms with Crippen LogP contribution in [0.3, 0.4) is 0 Å². The topological polar surface area (TPSA) is 42.4 Å². The third kappa shape index (κ3) is 3.02. The maximum atomic E-state index is 11.5. The molecule has 0 aromatic carbocycles. The Morgan fingerprint density at radius 3 is 2.44 bits per heavy atom. The summed E-state index contributed by atoms with van der Waals surface area (Å²) in [6.07, 6.45) is 0. The normalized spacial score (nSPS) is 13.3. The molecule has 0 N–H and O–H groups in total. The lowest BCUT2D eigenvalue weighted by Gasteiger charge is -2.35. The van der Waals surface area contributed by atoms with Crippen molar-refractivity contribution in [1.82, 2.24) is 4.98 Å². The predicted molar refractivity (Wildman–Crippen MR) is 75.5 cm³/mol. The summed E-state index contributed by atoms with van der Waals surface area (Å²) in [4.78, 5) is 18.9. The van der Waals surface area contributed by atoms with Crippen molar-refractivity contribution in [2.45, 2.75) is 40.7 Å². The minimum atomic E-state index is -0.369. The molecule has 18 heavy (non-hydrogen) atoms. The Hall–Kier alpha value is -1.10. The third-order valence-corrected chi connectivity index (χ3v) is 4.36. The van der Waals surface area contributed by atoms with Gasteiger partial charge in [-0.1, -0.05) is 20.8 Å². The summed E-state index contributed by atoms with van der Waals surface area (Å²) in [7, 11) is 3.39. The minimum Gasteiger partial charge on any atom is -0.464 e. The Labute approximate surface area is 113 Å². The Morgan fingerprint density at radius 1 is 1.44 bits per heavy atom. The summed E-state index contributed by atoms with van der Waals surface area (Å²) in [6, 6.07) is 0.327. The van der Waals surface area contributed by atoms with Crippen molar-refractivity contribution in [3.8, 4) is 0 Å². The highest BCUT2D eigenvalue weighted by atomic mass is 32.1. The number of aromatic nitrogens is 1. The first-order valence-electron chi connectivity index (χ1n) is 5.97. The van der Waals surface area contributed by atoms with E-state index in [2.05, 4.69) is 37.6 Å². The maximum absolute atomic E-state index is 11.5. The molecule has 102 valence electrons. The first-order chi connectivity index (χ1) is 8.18. The van der Waals surface area contributed by atoms with Gasteiger partial charge in [-0.2, -0.15) is 0 Å². The molecule has 1 aromatic heterocycles. The van der Waals surface area contributed by atoms with Crippen LogP contribution in [0.5, 0.6) is 0 Å². The second-order valence-electron chi connectivity index (χ2n) is 5.55. The van der Waals surface area contributed by atoms with Crippen molar-refractivity contribution in [1.29, 1.82) is 0 Å². The second-order valence-corrected chi connectivity index (χ2v) is 6.73. The molecular weight excluding hydrogens is 248 g/mol. The lowest BCUT2D eigenvalue weighted by Crippen LogP contribution is -2.39. The molecule has 0 fully saturated rings. The molecule has 1 heterocycles. The summed E-state index contributed by atoms with van der Waals surface area (Å²) in [5.41, 5.74) is 0.574. The van der Waals surface area contributed by atoms with Crippen LogP contribution in [-0.2, 0) is 4.74 Å². The number of carbonyl (C=O) groups is 1. The molecule has 0 radical (unpaired) electrons. The van der Waals surface area contributed by atoms with Crippen molar-refractivity contribution in [2.75, 3.05) is 19.1 Å². The lowest BCUT2D eigenvalue weighted by molar-refractivity contribution is 0.0594. The van der Waals surface area contributed by atoms with Gasteiger partial charge in [0.15, 0.2) is 10.8 Å². The molecule has 1 unspecified atom stereocenters. The van der Waals surface area contributed by atoms with Gasteiger partial charge in [0.05, 0.1) is 7.11 Å². The van der Waals surface area contributed by atoms with Crippen LogP contribution >= 0.6 is 11.3 Å². The van der Waals surface area contributed by atoms with Crippen LogP contribution in [0.4, 0.5) is 5.13 Å². The summed E-state index contributed by atoms with van der Waals surface area (Å²) in [5.74, 6) is -0.369. The number of ether oxygens (including phenoxy) is 1. The molecule has 1 rings (SSSR count). The predicted octanol–water partition coefficient (Wildman–Crippen LogP) is 3.11. The Morgan fingerprint density at radius 2 is 2.00 bits per heavy atom. The Bertz CT molecular complexity index is 435. The van der Waals surface area contributed by atoms with Gasteiger partial charge in [-0.3, -0.25) is 0 Å². The van der Waals surface area contributed by atoms with E-state index in [0.717, 1.165) is 10.0 Å². The monoisotopic (exact) mass is 270 g/mol. The van der Waals surface area contributed by atoms with Crippen LogP contribution in [-0.4, -0.2) is 31.2 Å². The number of methoxy groups -OCH3 is 1. The van der Waals surface area contributed by atoms with Crippen molar-refractivity contribution in [3.05, 3.63) is 10.6 Å². The third-order valence-electron chi connectivity index (χ3n) is 3.30. The number of thiazole rings is 1. The van der Waals surface area contributed by atoms with E-state index in [1.807, 2.05) is 14.0 Å². The number of carbonyl (C=O) groups excluding carboxylic acids is 1. The Kier molecular flexibility index (Phi) is 4.37. The smallest absolute Gasteiger partial charge is 0.357 e. The zero-order chi connectivity index (χ0) is 14.1. The van der Waals surface area contributed by atoms with E-state index in [9.17, 15) is 4.79 Å². The van der Waals surface area contributed by atoms with Gasteiger partial charge < -0.3 is 9.64 Å². The first-order valence-corrected chi connectivity index (χ1v) is 6.78. The average molecular weight is 270 g/mol. The van der Waals surface area contributed by atoms with Gasteiger partial charge in [-0.05, 0) is 19.3 Å². The lowest BCUT2D eigenvalue weighted by atomic mass is 9.87. The molecule has 0 aliphatic carbocycles. The molecule has 0 aliphatic rings. The van der Waals surface area contributed by atoms with Crippen LogP contribution in [0.1, 0.15) is 43.1 Å². The van der Waals surface area contributed by atoms with E-state index in [1.54, 1.807) is 0 Å². The van der Waals surface area contributed by atoms with E-state index in [-0.39, 0.29) is 11.4 Å². The molecular formula is C13H22N2O2S. The van der Waals surface area contributed by atoms with Gasteiger partial charge in [0.2, 0.25) is 0 Å². The quantitative estimate of drug-likeness (QED) is 0.791. The van der Waals surface area contributed by atoms with Crippen molar-refractivity contribution in [2.24, 2.45) is 5.41 Å². The van der Waals surface area contributed by atoms with Gasteiger partial charge in [0, 0.05) is 18.0 Å². The number of rotatable bonds is 3. The number of hydrogen-bond acceptors (Lipinski definition) is 5. The molecule has 0 bridgehead atoms. The highest BCUT2D eigenvalue weighted by molar-refractivity contribution is 7.15. The maximum Gasteiger partial charge on any atom is 0.357 e. The molecule has 0 spiro atoms. The summed E-state index contributed by atoms with van der Waals surface area (Å²) in [6.45, 7) is 10.6. The number of hydrogen-bond donors (Lipinski definition) is 0. The highest BCUT2D eigenvalue weighted by Crippen LogP contribution is 2.31. The molecule has 0 amide bonds. The zero-order valence-corrected chi connectivity index (χ0v) is 13.0. The van der Waals surface area contributed by atoms with Gasteiger partial charge in [-0.15, -0.1) is 11.3 Å². The number of nitrogens with zero attached hydrogens (tertiary/aromatic N) is 2.